The van der Waals surface area contributed by atoms with E-state index in [0.717, 1.165) is 38.0 Å². The van der Waals surface area contributed by atoms with Gasteiger partial charge in [-0.1, -0.05) is 19.1 Å². The van der Waals surface area contributed by atoms with Gasteiger partial charge < -0.3 is 4.90 Å². The number of hydrogen-bond acceptors (Lipinski definition) is 5. The number of carbonyl (C=O) groups is 1. The van der Waals surface area contributed by atoms with Gasteiger partial charge in [-0.25, -0.2) is 12.7 Å². The minimum Gasteiger partial charge on any atom is -0.340 e. The van der Waals surface area contributed by atoms with Crippen molar-refractivity contribution in [2.75, 3.05) is 45.0 Å². The first-order valence-electron chi connectivity index (χ1n) is 10.4. The average molecular weight is 419 g/mol. The predicted octanol–water partition coefficient (Wildman–Crippen LogP) is 1.65. The molecule has 1 amide bonds. The SMILES string of the molecule is CCCS(=O)(=O)N1CCCC(C(=O)N2CCN(Cc3ccc(C#N)cc3)CC2)C1. The molecular formula is C21H30N4O3S. The molecule has 3 rings (SSSR count). The van der Waals surface area contributed by atoms with Crippen LogP contribution < -0.4 is 0 Å². The summed E-state index contributed by atoms with van der Waals surface area (Å²) in [6.45, 7) is 6.48. The zero-order chi connectivity index (χ0) is 20.9. The van der Waals surface area contributed by atoms with Crippen LogP contribution in [0.4, 0.5) is 0 Å². The van der Waals surface area contributed by atoms with E-state index in [1.807, 2.05) is 36.1 Å². The second-order valence-electron chi connectivity index (χ2n) is 7.92. The fourth-order valence-electron chi connectivity index (χ4n) is 4.11. The molecule has 1 aromatic rings. The molecule has 0 aliphatic carbocycles. The van der Waals surface area contributed by atoms with Crippen LogP contribution in [0.25, 0.3) is 0 Å². The summed E-state index contributed by atoms with van der Waals surface area (Å²) in [7, 11) is -3.24. The van der Waals surface area contributed by atoms with E-state index in [4.69, 9.17) is 5.26 Å². The van der Waals surface area contributed by atoms with Crippen LogP contribution in [-0.4, -0.2) is 73.5 Å². The van der Waals surface area contributed by atoms with Crippen molar-refractivity contribution in [2.24, 2.45) is 5.92 Å². The Morgan fingerprint density at radius 1 is 1.14 bits per heavy atom. The molecule has 2 aliphatic rings. The number of benzene rings is 1. The highest BCUT2D eigenvalue weighted by Crippen LogP contribution is 2.22. The zero-order valence-corrected chi connectivity index (χ0v) is 17.9. The molecule has 2 fully saturated rings. The van der Waals surface area contributed by atoms with Gasteiger partial charge in [0.05, 0.1) is 23.3 Å². The molecule has 1 unspecified atom stereocenters. The van der Waals surface area contributed by atoms with Gasteiger partial charge in [0, 0.05) is 45.8 Å². The van der Waals surface area contributed by atoms with Gasteiger partial charge in [-0.05, 0) is 37.0 Å². The molecule has 1 aromatic carbocycles. The third-order valence-electron chi connectivity index (χ3n) is 5.76. The van der Waals surface area contributed by atoms with Crippen molar-refractivity contribution in [3.8, 4) is 6.07 Å². The molecule has 0 spiro atoms. The third-order valence-corrected chi connectivity index (χ3v) is 7.80. The number of piperidine rings is 1. The lowest BCUT2D eigenvalue weighted by molar-refractivity contribution is -0.138. The highest BCUT2D eigenvalue weighted by molar-refractivity contribution is 7.89. The lowest BCUT2D eigenvalue weighted by Gasteiger charge is -2.38. The topological polar surface area (TPSA) is 84.7 Å². The zero-order valence-electron chi connectivity index (χ0n) is 17.1. The molecular weight excluding hydrogens is 388 g/mol. The Balaban J connectivity index is 1.51. The predicted molar refractivity (Wildman–Crippen MR) is 111 cm³/mol. The number of nitrogens with zero attached hydrogens (tertiary/aromatic N) is 4. The van der Waals surface area contributed by atoms with Gasteiger partial charge >= 0.3 is 0 Å². The van der Waals surface area contributed by atoms with Crippen LogP contribution in [-0.2, 0) is 21.4 Å². The Labute approximate surface area is 173 Å². The maximum absolute atomic E-state index is 13.0. The lowest BCUT2D eigenvalue weighted by Crippen LogP contribution is -2.52. The van der Waals surface area contributed by atoms with Gasteiger partial charge in [-0.2, -0.15) is 5.26 Å². The van der Waals surface area contributed by atoms with Gasteiger partial charge in [0.1, 0.15) is 0 Å². The van der Waals surface area contributed by atoms with Crippen LogP contribution >= 0.6 is 0 Å². The molecule has 0 saturated carbocycles. The number of rotatable bonds is 6. The summed E-state index contributed by atoms with van der Waals surface area (Å²) in [5.41, 5.74) is 1.82. The second kappa shape index (κ2) is 9.70. The minimum absolute atomic E-state index is 0.0967. The number of carbonyl (C=O) groups excluding carboxylic acids is 1. The van der Waals surface area contributed by atoms with Crippen molar-refractivity contribution < 1.29 is 13.2 Å². The normalized spacial score (nSPS) is 21.7. The van der Waals surface area contributed by atoms with Gasteiger partial charge in [-0.3, -0.25) is 9.69 Å². The summed E-state index contributed by atoms with van der Waals surface area (Å²) >= 11 is 0. The highest BCUT2D eigenvalue weighted by Gasteiger charge is 2.34. The van der Waals surface area contributed by atoms with E-state index in [0.29, 0.717) is 38.2 Å². The smallest absolute Gasteiger partial charge is 0.227 e. The first-order chi connectivity index (χ1) is 13.9. The van der Waals surface area contributed by atoms with Crippen molar-refractivity contribution >= 4 is 15.9 Å². The summed E-state index contributed by atoms with van der Waals surface area (Å²) in [5.74, 6) is 0.0296. The van der Waals surface area contributed by atoms with E-state index in [-0.39, 0.29) is 17.6 Å². The van der Waals surface area contributed by atoms with Crippen LogP contribution in [0.2, 0.25) is 0 Å². The van der Waals surface area contributed by atoms with E-state index in [2.05, 4.69) is 11.0 Å². The summed E-state index contributed by atoms with van der Waals surface area (Å²) in [4.78, 5) is 17.2. The van der Waals surface area contributed by atoms with Crippen molar-refractivity contribution in [1.29, 1.82) is 5.26 Å². The molecule has 29 heavy (non-hydrogen) atoms. The van der Waals surface area contributed by atoms with Gasteiger partial charge in [0.2, 0.25) is 15.9 Å². The lowest BCUT2D eigenvalue weighted by atomic mass is 9.97. The Hall–Kier alpha value is -1.95. The molecule has 7 nitrogen and oxygen atoms in total. The van der Waals surface area contributed by atoms with Gasteiger partial charge in [0.15, 0.2) is 0 Å². The molecule has 0 aromatic heterocycles. The van der Waals surface area contributed by atoms with Crippen molar-refractivity contribution in [3.63, 3.8) is 0 Å². The van der Waals surface area contributed by atoms with E-state index in [1.165, 1.54) is 4.31 Å². The first kappa shape index (κ1) is 21.8. The summed E-state index contributed by atoms with van der Waals surface area (Å²) < 4.78 is 26.2. The van der Waals surface area contributed by atoms with E-state index in [1.54, 1.807) is 0 Å². The van der Waals surface area contributed by atoms with E-state index in [9.17, 15) is 13.2 Å². The number of hydrogen-bond donors (Lipinski definition) is 0. The Bertz CT molecular complexity index is 840. The second-order valence-corrected chi connectivity index (χ2v) is 10.0. The Morgan fingerprint density at radius 2 is 1.83 bits per heavy atom. The Morgan fingerprint density at radius 3 is 2.45 bits per heavy atom. The molecule has 2 heterocycles. The molecule has 1 atom stereocenters. The van der Waals surface area contributed by atoms with Crippen LogP contribution in [0, 0.1) is 17.2 Å². The van der Waals surface area contributed by atoms with Gasteiger partial charge in [0.25, 0.3) is 0 Å². The standard InChI is InChI=1S/C21H30N4O3S/c1-2-14-29(27,28)25-9-3-4-20(17-25)21(26)24-12-10-23(11-13-24)16-19-7-5-18(15-22)6-8-19/h5-8,20H,2-4,9-14,16-17H2,1H3. The summed E-state index contributed by atoms with van der Waals surface area (Å²) in [6, 6.07) is 9.74. The van der Waals surface area contributed by atoms with Crippen LogP contribution in [0.1, 0.15) is 37.3 Å². The fourth-order valence-corrected chi connectivity index (χ4v) is 5.70. The van der Waals surface area contributed by atoms with Crippen LogP contribution in [0.5, 0.6) is 0 Å². The van der Waals surface area contributed by atoms with Gasteiger partial charge in [-0.15, -0.1) is 0 Å². The number of amides is 1. The fraction of sp³-hybridized carbons (Fsp3) is 0.619. The summed E-state index contributed by atoms with van der Waals surface area (Å²) in [6.07, 6.45) is 2.11. The molecule has 0 radical (unpaired) electrons. The maximum atomic E-state index is 13.0. The average Bonchev–Trinajstić information content (AvgIpc) is 2.74. The quantitative estimate of drug-likeness (QED) is 0.701. The Kier molecular flexibility index (Phi) is 7.28. The molecule has 8 heteroatoms. The largest absolute Gasteiger partial charge is 0.340 e. The molecule has 2 saturated heterocycles. The van der Waals surface area contributed by atoms with Crippen molar-refractivity contribution in [3.05, 3.63) is 35.4 Å². The molecule has 0 N–H and O–H groups in total. The molecule has 158 valence electrons. The van der Waals surface area contributed by atoms with E-state index >= 15 is 0 Å². The van der Waals surface area contributed by atoms with Crippen LogP contribution in [0.15, 0.2) is 24.3 Å². The van der Waals surface area contributed by atoms with Crippen molar-refractivity contribution in [1.82, 2.24) is 14.1 Å². The van der Waals surface area contributed by atoms with Crippen LogP contribution in [0.3, 0.4) is 0 Å². The maximum Gasteiger partial charge on any atom is 0.227 e. The minimum atomic E-state index is -3.24. The molecule has 2 aliphatic heterocycles. The monoisotopic (exact) mass is 418 g/mol. The van der Waals surface area contributed by atoms with Crippen molar-refractivity contribution in [2.45, 2.75) is 32.7 Å². The number of nitriles is 1. The highest BCUT2D eigenvalue weighted by atomic mass is 32.2. The third kappa shape index (κ3) is 5.56. The first-order valence-corrected chi connectivity index (χ1v) is 12.0. The summed E-state index contributed by atoms with van der Waals surface area (Å²) in [5, 5.41) is 8.89. The molecule has 0 bridgehead atoms. The van der Waals surface area contributed by atoms with E-state index < -0.39 is 10.0 Å². The number of sulfonamides is 1. The number of piperazine rings is 1.